The van der Waals surface area contributed by atoms with Gasteiger partial charge in [0, 0.05) is 12.8 Å². The lowest BCUT2D eigenvalue weighted by atomic mass is 10.2. The first kappa shape index (κ1) is 8.20. The van der Waals surface area contributed by atoms with Gasteiger partial charge >= 0.3 is 0 Å². The van der Waals surface area contributed by atoms with E-state index in [1.54, 1.807) is 0 Å². The van der Waals surface area contributed by atoms with Gasteiger partial charge in [-0.3, -0.25) is 14.4 Å². The van der Waals surface area contributed by atoms with E-state index in [2.05, 4.69) is 4.84 Å². The Labute approximate surface area is 65.1 Å². The summed E-state index contributed by atoms with van der Waals surface area (Å²) in [5, 5.41) is 0.854. The van der Waals surface area contributed by atoms with E-state index in [0.29, 0.717) is 12.8 Å². The van der Waals surface area contributed by atoms with E-state index >= 15 is 0 Å². The predicted octanol–water partition coefficient (Wildman–Crippen LogP) is 0.477. The Kier molecular flexibility index (Phi) is 2.59. The van der Waals surface area contributed by atoms with Crippen molar-refractivity contribution in [1.82, 2.24) is 5.06 Å². The van der Waals surface area contributed by atoms with E-state index in [1.165, 1.54) is 7.11 Å². The molecule has 11 heavy (non-hydrogen) atoms. The molecule has 0 aromatic heterocycles. The zero-order valence-corrected chi connectivity index (χ0v) is 6.50. The number of nitrogens with zero attached hydrogens (tertiary/aromatic N) is 1. The highest BCUT2D eigenvalue weighted by Crippen LogP contribution is 2.11. The van der Waals surface area contributed by atoms with E-state index in [0.717, 1.165) is 17.9 Å². The maximum absolute atomic E-state index is 11.0. The van der Waals surface area contributed by atoms with E-state index in [1.807, 2.05) is 0 Å². The van der Waals surface area contributed by atoms with Gasteiger partial charge in [0.05, 0.1) is 7.11 Å². The first-order valence-electron chi connectivity index (χ1n) is 3.65. The highest BCUT2D eigenvalue weighted by Gasteiger charge is 2.23. The molecule has 1 saturated heterocycles. The quantitative estimate of drug-likeness (QED) is 0.520. The van der Waals surface area contributed by atoms with Crippen LogP contribution in [0.1, 0.15) is 25.7 Å². The van der Waals surface area contributed by atoms with Crippen LogP contribution in [0, 0.1) is 0 Å². The van der Waals surface area contributed by atoms with E-state index < -0.39 is 0 Å². The van der Waals surface area contributed by atoms with Crippen molar-refractivity contribution in [3.8, 4) is 0 Å². The van der Waals surface area contributed by atoms with Crippen molar-refractivity contribution in [3.63, 3.8) is 0 Å². The highest BCUT2D eigenvalue weighted by molar-refractivity contribution is 5.94. The first-order valence-corrected chi connectivity index (χ1v) is 3.65. The smallest absolute Gasteiger partial charge is 0.253 e. The van der Waals surface area contributed by atoms with Gasteiger partial charge in [-0.15, -0.1) is 0 Å². The average molecular weight is 157 g/mol. The molecule has 4 nitrogen and oxygen atoms in total. The Morgan fingerprint density at radius 1 is 1.18 bits per heavy atom. The van der Waals surface area contributed by atoms with Crippen LogP contribution in [0.15, 0.2) is 0 Å². The maximum Gasteiger partial charge on any atom is 0.253 e. The molecule has 0 unspecified atom stereocenters. The minimum atomic E-state index is -0.227. The van der Waals surface area contributed by atoms with Gasteiger partial charge in [0.1, 0.15) is 0 Å². The van der Waals surface area contributed by atoms with Gasteiger partial charge < -0.3 is 0 Å². The summed E-state index contributed by atoms with van der Waals surface area (Å²) in [6.45, 7) is 0. The molecule has 1 rings (SSSR count). The van der Waals surface area contributed by atoms with Crippen molar-refractivity contribution in [1.29, 1.82) is 0 Å². The second-order valence-electron chi connectivity index (χ2n) is 2.47. The van der Waals surface area contributed by atoms with E-state index in [9.17, 15) is 9.59 Å². The van der Waals surface area contributed by atoms with Crippen LogP contribution in [0.3, 0.4) is 0 Å². The molecule has 0 aromatic carbocycles. The first-order chi connectivity index (χ1) is 5.25. The van der Waals surface area contributed by atoms with Gasteiger partial charge in [-0.05, 0) is 12.8 Å². The lowest BCUT2D eigenvalue weighted by Gasteiger charge is -2.13. The van der Waals surface area contributed by atoms with Crippen LogP contribution in [0.2, 0.25) is 0 Å². The number of carbonyl (C=O) groups is 2. The molecule has 4 heteroatoms. The average Bonchev–Trinajstić information content (AvgIpc) is 2.12. The third-order valence-electron chi connectivity index (χ3n) is 1.67. The largest absolute Gasteiger partial charge is 0.272 e. The summed E-state index contributed by atoms with van der Waals surface area (Å²) in [5.74, 6) is -0.454. The zero-order valence-electron chi connectivity index (χ0n) is 6.50. The Morgan fingerprint density at radius 2 is 1.64 bits per heavy atom. The lowest BCUT2D eigenvalue weighted by Crippen LogP contribution is -2.33. The normalized spacial score (nSPS) is 20.3. The fraction of sp³-hybridized carbons (Fsp3) is 0.714. The van der Waals surface area contributed by atoms with Gasteiger partial charge in [0.2, 0.25) is 0 Å². The van der Waals surface area contributed by atoms with Crippen molar-refractivity contribution in [3.05, 3.63) is 0 Å². The Hall–Kier alpha value is -0.900. The third-order valence-corrected chi connectivity index (χ3v) is 1.67. The fourth-order valence-corrected chi connectivity index (χ4v) is 1.10. The van der Waals surface area contributed by atoms with Gasteiger partial charge in [-0.25, -0.2) is 0 Å². The number of hydroxylamine groups is 2. The third kappa shape index (κ3) is 1.77. The molecule has 0 atom stereocenters. The van der Waals surface area contributed by atoms with Crippen LogP contribution in [0.5, 0.6) is 0 Å². The van der Waals surface area contributed by atoms with Crippen molar-refractivity contribution in [2.24, 2.45) is 0 Å². The van der Waals surface area contributed by atoms with Crippen LogP contribution in [0.4, 0.5) is 0 Å². The SMILES string of the molecule is CON1C(=O)CCCCC1=O. The number of rotatable bonds is 1. The summed E-state index contributed by atoms with van der Waals surface area (Å²) in [4.78, 5) is 26.7. The van der Waals surface area contributed by atoms with Gasteiger partial charge in [-0.1, -0.05) is 0 Å². The molecule has 1 aliphatic rings. The topological polar surface area (TPSA) is 46.6 Å². The molecule has 2 amide bonds. The number of imide groups is 1. The van der Waals surface area contributed by atoms with Crippen LogP contribution in [-0.2, 0) is 14.4 Å². The molecule has 0 aromatic rings. The molecule has 1 fully saturated rings. The lowest BCUT2D eigenvalue weighted by molar-refractivity contribution is -0.186. The molecule has 1 heterocycles. The van der Waals surface area contributed by atoms with Crippen molar-refractivity contribution in [2.45, 2.75) is 25.7 Å². The summed E-state index contributed by atoms with van der Waals surface area (Å²) < 4.78 is 0. The minimum absolute atomic E-state index is 0.227. The fourth-order valence-electron chi connectivity index (χ4n) is 1.10. The molecular formula is C7H11NO3. The summed E-state index contributed by atoms with van der Waals surface area (Å²) in [6, 6.07) is 0. The Morgan fingerprint density at radius 3 is 2.00 bits per heavy atom. The number of hydrogen-bond donors (Lipinski definition) is 0. The summed E-state index contributed by atoms with van der Waals surface area (Å²) >= 11 is 0. The zero-order chi connectivity index (χ0) is 8.27. The number of carbonyl (C=O) groups excluding carboxylic acids is 2. The second-order valence-corrected chi connectivity index (χ2v) is 2.47. The van der Waals surface area contributed by atoms with E-state index in [4.69, 9.17) is 0 Å². The van der Waals surface area contributed by atoms with Gasteiger partial charge in [-0.2, -0.15) is 5.06 Å². The molecule has 0 aliphatic carbocycles. The van der Waals surface area contributed by atoms with Crippen LogP contribution >= 0.6 is 0 Å². The Bertz CT molecular complexity index is 161. The van der Waals surface area contributed by atoms with Crippen molar-refractivity contribution < 1.29 is 14.4 Å². The monoisotopic (exact) mass is 157 g/mol. The van der Waals surface area contributed by atoms with Gasteiger partial charge in [0.25, 0.3) is 11.8 Å². The van der Waals surface area contributed by atoms with Crippen LogP contribution in [0.25, 0.3) is 0 Å². The summed E-state index contributed by atoms with van der Waals surface area (Å²) in [5.41, 5.74) is 0. The summed E-state index contributed by atoms with van der Waals surface area (Å²) in [7, 11) is 1.33. The molecule has 1 aliphatic heterocycles. The Balaban J connectivity index is 2.66. The molecule has 0 saturated carbocycles. The molecule has 0 radical (unpaired) electrons. The molecule has 62 valence electrons. The van der Waals surface area contributed by atoms with Gasteiger partial charge in [0.15, 0.2) is 0 Å². The molecule has 0 N–H and O–H groups in total. The second kappa shape index (κ2) is 3.48. The molecule has 0 spiro atoms. The number of hydrogen-bond acceptors (Lipinski definition) is 3. The molecular weight excluding hydrogens is 146 g/mol. The standard InChI is InChI=1S/C7H11NO3/c1-11-8-6(9)4-2-3-5-7(8)10/h2-5H2,1H3. The van der Waals surface area contributed by atoms with Crippen LogP contribution < -0.4 is 0 Å². The summed E-state index contributed by atoms with van der Waals surface area (Å²) in [6.07, 6.45) is 2.40. The highest BCUT2D eigenvalue weighted by atomic mass is 16.7. The van der Waals surface area contributed by atoms with Crippen molar-refractivity contribution in [2.75, 3.05) is 7.11 Å². The maximum atomic E-state index is 11.0. The number of amides is 2. The van der Waals surface area contributed by atoms with Crippen LogP contribution in [-0.4, -0.2) is 24.0 Å². The predicted molar refractivity (Wildman–Crippen MR) is 37.3 cm³/mol. The molecule has 0 bridgehead atoms. The van der Waals surface area contributed by atoms with Crippen molar-refractivity contribution >= 4 is 11.8 Å². The van der Waals surface area contributed by atoms with E-state index in [-0.39, 0.29) is 11.8 Å². The minimum Gasteiger partial charge on any atom is -0.272 e.